The molecular formula is C15H9F4NO3. The van der Waals surface area contributed by atoms with E-state index in [-0.39, 0.29) is 5.69 Å². The number of carbonyl (C=O) groups excluding carboxylic acids is 2. The molecule has 1 amide bonds. The Morgan fingerprint density at radius 2 is 1.57 bits per heavy atom. The van der Waals surface area contributed by atoms with Gasteiger partial charge in [-0.15, -0.1) is 0 Å². The van der Waals surface area contributed by atoms with Gasteiger partial charge in [0.05, 0.1) is 5.56 Å². The predicted octanol–water partition coefficient (Wildman–Crippen LogP) is 3.04. The third-order valence-corrected chi connectivity index (χ3v) is 2.63. The van der Waals surface area contributed by atoms with Crippen LogP contribution >= 0.6 is 0 Å². The van der Waals surface area contributed by atoms with Gasteiger partial charge in [-0.3, -0.25) is 4.79 Å². The summed E-state index contributed by atoms with van der Waals surface area (Å²) in [6, 6.07) is 4.50. The minimum absolute atomic E-state index is 0.180. The fourth-order valence-corrected chi connectivity index (χ4v) is 1.69. The molecule has 0 aromatic heterocycles. The largest absolute Gasteiger partial charge is 0.452 e. The van der Waals surface area contributed by atoms with E-state index in [1.165, 1.54) is 0 Å². The Balaban J connectivity index is 1.96. The second kappa shape index (κ2) is 6.91. The molecule has 23 heavy (non-hydrogen) atoms. The van der Waals surface area contributed by atoms with Crippen LogP contribution in [0.25, 0.3) is 0 Å². The molecule has 0 bridgehead atoms. The Morgan fingerprint density at radius 3 is 2.22 bits per heavy atom. The lowest BCUT2D eigenvalue weighted by Crippen LogP contribution is -2.21. The highest BCUT2D eigenvalue weighted by Gasteiger charge is 2.16. The van der Waals surface area contributed by atoms with E-state index in [9.17, 15) is 27.2 Å². The van der Waals surface area contributed by atoms with Crippen molar-refractivity contribution in [1.82, 2.24) is 0 Å². The van der Waals surface area contributed by atoms with Crippen molar-refractivity contribution in [2.24, 2.45) is 0 Å². The average molecular weight is 327 g/mol. The second-order valence-electron chi connectivity index (χ2n) is 4.41. The first-order valence-corrected chi connectivity index (χ1v) is 6.23. The van der Waals surface area contributed by atoms with E-state index in [0.717, 1.165) is 24.3 Å². The van der Waals surface area contributed by atoms with E-state index in [4.69, 9.17) is 0 Å². The first kappa shape index (κ1) is 16.5. The van der Waals surface area contributed by atoms with Gasteiger partial charge in [-0.25, -0.2) is 22.4 Å². The van der Waals surface area contributed by atoms with Crippen molar-refractivity contribution in [1.29, 1.82) is 0 Å². The van der Waals surface area contributed by atoms with Gasteiger partial charge in [0.15, 0.2) is 6.61 Å². The van der Waals surface area contributed by atoms with E-state index >= 15 is 0 Å². The Kier molecular flexibility index (Phi) is 4.95. The van der Waals surface area contributed by atoms with E-state index in [2.05, 4.69) is 10.1 Å². The molecule has 0 fully saturated rings. The number of nitrogens with one attached hydrogen (secondary N) is 1. The first-order valence-electron chi connectivity index (χ1n) is 6.23. The molecule has 0 aliphatic rings. The number of carbonyl (C=O) groups is 2. The van der Waals surface area contributed by atoms with Gasteiger partial charge >= 0.3 is 5.97 Å². The molecule has 2 aromatic carbocycles. The lowest BCUT2D eigenvalue weighted by Gasteiger charge is -2.07. The minimum Gasteiger partial charge on any atom is -0.452 e. The Morgan fingerprint density at radius 1 is 0.913 bits per heavy atom. The number of amides is 1. The van der Waals surface area contributed by atoms with E-state index in [1.54, 1.807) is 0 Å². The smallest absolute Gasteiger partial charge is 0.341 e. The highest BCUT2D eigenvalue weighted by molar-refractivity contribution is 5.95. The van der Waals surface area contributed by atoms with E-state index in [1.807, 2.05) is 0 Å². The molecule has 0 spiro atoms. The zero-order chi connectivity index (χ0) is 17.0. The third kappa shape index (κ3) is 4.53. The highest BCUT2D eigenvalue weighted by Crippen LogP contribution is 2.13. The van der Waals surface area contributed by atoms with Crippen LogP contribution in [-0.4, -0.2) is 18.5 Å². The van der Waals surface area contributed by atoms with Gasteiger partial charge in [-0.05, 0) is 30.3 Å². The molecule has 0 saturated heterocycles. The molecule has 2 aromatic rings. The van der Waals surface area contributed by atoms with Crippen LogP contribution in [0, 0.1) is 23.3 Å². The quantitative estimate of drug-likeness (QED) is 0.694. The molecule has 1 N–H and O–H groups in total. The summed E-state index contributed by atoms with van der Waals surface area (Å²) in [6.45, 7) is -0.840. The monoisotopic (exact) mass is 327 g/mol. The van der Waals surface area contributed by atoms with Crippen LogP contribution in [0.2, 0.25) is 0 Å². The third-order valence-electron chi connectivity index (χ3n) is 2.63. The van der Waals surface area contributed by atoms with Crippen molar-refractivity contribution in [2.45, 2.75) is 0 Å². The maximum atomic E-state index is 13.3. The van der Waals surface area contributed by atoms with Gasteiger partial charge in [0.1, 0.15) is 23.3 Å². The fourth-order valence-electron chi connectivity index (χ4n) is 1.69. The predicted molar refractivity (Wildman–Crippen MR) is 71.6 cm³/mol. The molecule has 0 atom stereocenters. The van der Waals surface area contributed by atoms with Crippen molar-refractivity contribution in [3.05, 3.63) is 65.2 Å². The summed E-state index contributed by atoms with van der Waals surface area (Å²) in [5.74, 6) is -5.82. The highest BCUT2D eigenvalue weighted by atomic mass is 19.1. The van der Waals surface area contributed by atoms with Crippen LogP contribution in [0.4, 0.5) is 23.2 Å². The molecule has 0 radical (unpaired) electrons. The van der Waals surface area contributed by atoms with Gasteiger partial charge in [0.2, 0.25) is 0 Å². The van der Waals surface area contributed by atoms with Gasteiger partial charge < -0.3 is 10.1 Å². The summed E-state index contributed by atoms with van der Waals surface area (Å²) in [5, 5.41) is 2.09. The maximum Gasteiger partial charge on any atom is 0.341 e. The van der Waals surface area contributed by atoms with Gasteiger partial charge in [0, 0.05) is 11.8 Å². The number of ether oxygens (including phenoxy) is 1. The maximum absolute atomic E-state index is 13.3. The number of benzene rings is 2. The molecule has 8 heteroatoms. The van der Waals surface area contributed by atoms with Crippen molar-refractivity contribution >= 4 is 17.6 Å². The topological polar surface area (TPSA) is 55.4 Å². The van der Waals surface area contributed by atoms with Crippen molar-refractivity contribution in [2.75, 3.05) is 11.9 Å². The lowest BCUT2D eigenvalue weighted by molar-refractivity contribution is -0.119. The Bertz CT molecular complexity index is 744. The zero-order valence-electron chi connectivity index (χ0n) is 11.4. The number of esters is 1. The minimum atomic E-state index is -1.25. The van der Waals surface area contributed by atoms with Crippen LogP contribution in [0.15, 0.2) is 36.4 Å². The van der Waals surface area contributed by atoms with Gasteiger partial charge in [-0.1, -0.05) is 0 Å². The van der Waals surface area contributed by atoms with Gasteiger partial charge in [-0.2, -0.15) is 0 Å². The summed E-state index contributed by atoms with van der Waals surface area (Å²) in [5.41, 5.74) is -0.852. The molecular weight excluding hydrogens is 318 g/mol. The van der Waals surface area contributed by atoms with Gasteiger partial charge in [0.25, 0.3) is 5.91 Å². The van der Waals surface area contributed by atoms with Crippen molar-refractivity contribution in [3.63, 3.8) is 0 Å². The molecule has 120 valence electrons. The molecule has 0 saturated carbocycles. The average Bonchev–Trinajstić information content (AvgIpc) is 2.46. The zero-order valence-corrected chi connectivity index (χ0v) is 11.4. The first-order chi connectivity index (χ1) is 10.8. The summed E-state index contributed by atoms with van der Waals surface area (Å²) < 4.78 is 56.7. The SMILES string of the molecule is O=C(COC(=O)c1cc(F)ccc1F)Nc1cc(F)cc(F)c1. The van der Waals surface area contributed by atoms with Crippen molar-refractivity contribution in [3.8, 4) is 0 Å². The fraction of sp³-hybridized carbons (Fsp3) is 0.0667. The van der Waals surface area contributed by atoms with Crippen LogP contribution in [0.1, 0.15) is 10.4 Å². The number of hydrogen-bond acceptors (Lipinski definition) is 3. The normalized spacial score (nSPS) is 10.3. The summed E-state index contributed by atoms with van der Waals surface area (Å²) in [6.07, 6.45) is 0. The van der Waals surface area contributed by atoms with Crippen LogP contribution in [0.5, 0.6) is 0 Å². The standard InChI is InChI=1S/C15H9F4NO3/c16-8-1-2-13(19)12(6-8)15(22)23-7-14(21)20-11-4-9(17)3-10(18)5-11/h1-6H,7H2,(H,20,21). The lowest BCUT2D eigenvalue weighted by atomic mass is 10.2. The van der Waals surface area contributed by atoms with Crippen molar-refractivity contribution < 1.29 is 31.9 Å². The molecule has 2 rings (SSSR count). The number of anilines is 1. The summed E-state index contributed by atoms with van der Waals surface area (Å²) in [4.78, 5) is 23.1. The van der Waals surface area contributed by atoms with E-state index < -0.39 is 47.3 Å². The molecule has 4 nitrogen and oxygen atoms in total. The molecule has 0 unspecified atom stereocenters. The molecule has 0 aliphatic carbocycles. The molecule has 0 heterocycles. The summed E-state index contributed by atoms with van der Waals surface area (Å²) in [7, 11) is 0. The van der Waals surface area contributed by atoms with Crippen LogP contribution < -0.4 is 5.32 Å². The number of rotatable bonds is 4. The van der Waals surface area contributed by atoms with E-state index in [0.29, 0.717) is 12.1 Å². The Labute approximate surface area is 127 Å². The number of halogens is 4. The number of hydrogen-bond donors (Lipinski definition) is 1. The van der Waals surface area contributed by atoms with Crippen LogP contribution in [0.3, 0.4) is 0 Å². The second-order valence-corrected chi connectivity index (χ2v) is 4.41. The molecule has 0 aliphatic heterocycles. The Hall–Kier alpha value is -2.90. The van der Waals surface area contributed by atoms with Crippen LogP contribution in [-0.2, 0) is 9.53 Å². The summed E-state index contributed by atoms with van der Waals surface area (Å²) >= 11 is 0.